The first-order chi connectivity index (χ1) is 16.1. The van der Waals surface area contributed by atoms with E-state index in [0.717, 1.165) is 46.4 Å². The van der Waals surface area contributed by atoms with Crippen molar-refractivity contribution in [2.45, 2.75) is 19.3 Å². The fourth-order valence-electron chi connectivity index (χ4n) is 4.35. The number of hydrogen-bond donors (Lipinski definition) is 2. The van der Waals surface area contributed by atoms with E-state index in [9.17, 15) is 5.11 Å². The van der Waals surface area contributed by atoms with E-state index in [-0.39, 0.29) is 15.8 Å². The molecule has 0 aliphatic carbocycles. The van der Waals surface area contributed by atoms with E-state index in [2.05, 4.69) is 45.5 Å². The number of fused-ring (bicyclic) bond motifs is 1. The molecule has 4 nitrogen and oxygen atoms in total. The van der Waals surface area contributed by atoms with Gasteiger partial charge in [0, 0.05) is 29.9 Å². The van der Waals surface area contributed by atoms with Gasteiger partial charge in [-0.1, -0.05) is 41.4 Å². The van der Waals surface area contributed by atoms with Crippen molar-refractivity contribution in [2.75, 3.05) is 25.0 Å². The van der Waals surface area contributed by atoms with E-state index in [1.807, 2.05) is 18.2 Å². The first-order valence-corrected chi connectivity index (χ1v) is 11.9. The Labute approximate surface area is 203 Å². The van der Waals surface area contributed by atoms with E-state index in [1.165, 1.54) is 31.5 Å². The summed E-state index contributed by atoms with van der Waals surface area (Å²) in [6, 6.07) is 21.2. The number of phenolic OH excluding ortho intramolecular Hbond substituents is 1. The van der Waals surface area contributed by atoms with Crippen molar-refractivity contribution >= 4 is 45.5 Å². The first-order valence-electron chi connectivity index (χ1n) is 11.1. The Morgan fingerprint density at radius 1 is 0.970 bits per heavy atom. The van der Waals surface area contributed by atoms with Crippen LogP contribution in [0, 0.1) is 6.07 Å². The molecule has 4 aromatic rings. The third kappa shape index (κ3) is 4.93. The molecule has 0 unspecified atom stereocenters. The fraction of sp³-hybridized carbons (Fsp3) is 0.222. The minimum absolute atomic E-state index is 0.107. The van der Waals surface area contributed by atoms with Crippen molar-refractivity contribution in [3.8, 4) is 16.9 Å². The molecule has 0 saturated carbocycles. The molecule has 1 aromatic heterocycles. The summed E-state index contributed by atoms with van der Waals surface area (Å²) in [4.78, 5) is 7.00. The average Bonchev–Trinajstić information content (AvgIpc) is 3.35. The third-order valence-corrected chi connectivity index (χ3v) is 6.72. The molecule has 1 radical (unpaired) electrons. The number of aromatic hydroxyl groups is 1. The van der Waals surface area contributed by atoms with Crippen LogP contribution in [0.25, 0.3) is 22.0 Å². The van der Waals surface area contributed by atoms with Gasteiger partial charge in [0.05, 0.1) is 21.2 Å². The highest BCUT2D eigenvalue weighted by atomic mass is 35.5. The monoisotopic (exact) mass is 476 g/mol. The van der Waals surface area contributed by atoms with Gasteiger partial charge in [-0.2, -0.15) is 0 Å². The van der Waals surface area contributed by atoms with Gasteiger partial charge in [0.2, 0.25) is 0 Å². The second kappa shape index (κ2) is 9.60. The first kappa shape index (κ1) is 22.0. The van der Waals surface area contributed by atoms with Crippen LogP contribution in [0.2, 0.25) is 10.0 Å². The standard InChI is InChI=1S/C27H24Cl2N3O/c28-23-16-20(17-24(29)27(23)33)19-6-7-25-22(15-19)26(8-10-30-25)31-21-5-3-4-18(14-21)9-13-32-11-1-2-12-32/h3-7,10,14-17,33H,1-2,9,11-13H2,(H,30,31). The van der Waals surface area contributed by atoms with Crippen LogP contribution < -0.4 is 5.32 Å². The highest BCUT2D eigenvalue weighted by molar-refractivity contribution is 6.37. The van der Waals surface area contributed by atoms with E-state index >= 15 is 0 Å². The maximum absolute atomic E-state index is 9.89. The maximum atomic E-state index is 9.89. The van der Waals surface area contributed by atoms with Gasteiger partial charge in [0.25, 0.3) is 0 Å². The summed E-state index contributed by atoms with van der Waals surface area (Å²) in [5.41, 5.74) is 5.81. The minimum Gasteiger partial charge on any atom is -0.505 e. The number of pyridine rings is 1. The molecule has 5 rings (SSSR count). The molecule has 0 spiro atoms. The van der Waals surface area contributed by atoms with Crippen LogP contribution in [0.4, 0.5) is 11.4 Å². The Bertz CT molecular complexity index is 1280. The predicted octanol–water partition coefficient (Wildman–Crippen LogP) is 7.10. The number of halogens is 2. The van der Waals surface area contributed by atoms with E-state index in [0.29, 0.717) is 0 Å². The van der Waals surface area contributed by atoms with Crippen LogP contribution in [0.1, 0.15) is 18.4 Å². The van der Waals surface area contributed by atoms with Crippen molar-refractivity contribution in [3.63, 3.8) is 0 Å². The summed E-state index contributed by atoms with van der Waals surface area (Å²) < 4.78 is 0. The number of benzene rings is 3. The SMILES string of the molecule is Oc1c(Cl)cc(-c2ccc3nc[c]c(Nc4cccc(CCN5CCCC5)c4)c3c2)cc1Cl. The number of nitrogens with one attached hydrogen (secondary N) is 1. The number of rotatable bonds is 6. The van der Waals surface area contributed by atoms with E-state index in [4.69, 9.17) is 23.2 Å². The van der Waals surface area contributed by atoms with Gasteiger partial charge in [-0.05, 0) is 85.4 Å². The fourth-order valence-corrected chi connectivity index (χ4v) is 4.84. The van der Waals surface area contributed by atoms with Gasteiger partial charge in [0.1, 0.15) is 0 Å². The number of phenols is 1. The summed E-state index contributed by atoms with van der Waals surface area (Å²) >= 11 is 12.3. The lowest BCUT2D eigenvalue weighted by Crippen LogP contribution is -2.21. The molecule has 167 valence electrons. The molecule has 1 aliphatic heterocycles. The third-order valence-electron chi connectivity index (χ3n) is 6.14. The van der Waals surface area contributed by atoms with Crippen molar-refractivity contribution in [1.29, 1.82) is 0 Å². The highest BCUT2D eigenvalue weighted by Gasteiger charge is 2.12. The normalized spacial score (nSPS) is 14.1. The van der Waals surface area contributed by atoms with Gasteiger partial charge in [-0.3, -0.25) is 4.98 Å². The molecule has 0 atom stereocenters. The van der Waals surface area contributed by atoms with Gasteiger partial charge >= 0.3 is 0 Å². The quantitative estimate of drug-likeness (QED) is 0.311. The predicted molar refractivity (Wildman–Crippen MR) is 137 cm³/mol. The van der Waals surface area contributed by atoms with Crippen molar-refractivity contribution < 1.29 is 5.11 Å². The van der Waals surface area contributed by atoms with Crippen LogP contribution in [-0.4, -0.2) is 34.6 Å². The highest BCUT2D eigenvalue weighted by Crippen LogP contribution is 2.37. The Balaban J connectivity index is 1.43. The van der Waals surface area contributed by atoms with Crippen LogP contribution in [0.15, 0.2) is 60.8 Å². The molecule has 2 heterocycles. The zero-order valence-corrected chi connectivity index (χ0v) is 19.6. The van der Waals surface area contributed by atoms with Crippen LogP contribution >= 0.6 is 23.2 Å². The number of anilines is 2. The van der Waals surface area contributed by atoms with Crippen LogP contribution in [0.5, 0.6) is 5.75 Å². The molecule has 1 fully saturated rings. The molecule has 1 aliphatic rings. The molecule has 33 heavy (non-hydrogen) atoms. The molecular formula is C27H24Cl2N3O. The molecule has 1 saturated heterocycles. The molecule has 2 N–H and O–H groups in total. The zero-order chi connectivity index (χ0) is 22.8. The molecule has 0 amide bonds. The van der Waals surface area contributed by atoms with Crippen LogP contribution in [0.3, 0.4) is 0 Å². The van der Waals surface area contributed by atoms with Crippen molar-refractivity contribution in [2.24, 2.45) is 0 Å². The summed E-state index contributed by atoms with van der Waals surface area (Å²) in [6.45, 7) is 3.54. The number of hydrogen-bond acceptors (Lipinski definition) is 4. The van der Waals surface area contributed by atoms with Gasteiger partial charge < -0.3 is 15.3 Å². The topological polar surface area (TPSA) is 48.4 Å². The molecule has 3 aromatic carbocycles. The number of aromatic nitrogens is 1. The largest absolute Gasteiger partial charge is 0.505 e. The smallest absolute Gasteiger partial charge is 0.152 e. The second-order valence-electron chi connectivity index (χ2n) is 8.42. The molecular weight excluding hydrogens is 453 g/mol. The molecule has 6 heteroatoms. The number of nitrogens with zero attached hydrogens (tertiary/aromatic N) is 2. The summed E-state index contributed by atoms with van der Waals surface area (Å²) in [7, 11) is 0. The lowest BCUT2D eigenvalue weighted by Gasteiger charge is -2.15. The lowest BCUT2D eigenvalue weighted by molar-refractivity contribution is 0.343. The zero-order valence-electron chi connectivity index (χ0n) is 18.1. The Morgan fingerprint density at radius 2 is 1.76 bits per heavy atom. The second-order valence-corrected chi connectivity index (χ2v) is 9.24. The van der Waals surface area contributed by atoms with E-state index < -0.39 is 0 Å². The van der Waals surface area contributed by atoms with Gasteiger partial charge in [-0.25, -0.2) is 0 Å². The van der Waals surface area contributed by atoms with Crippen molar-refractivity contribution in [3.05, 3.63) is 82.5 Å². The van der Waals surface area contributed by atoms with Crippen LogP contribution in [-0.2, 0) is 6.42 Å². The Kier molecular flexibility index (Phi) is 6.41. The Hall–Kier alpha value is -2.79. The van der Waals surface area contributed by atoms with Crippen molar-refractivity contribution in [1.82, 2.24) is 9.88 Å². The van der Waals surface area contributed by atoms with Gasteiger partial charge in [0.15, 0.2) is 5.75 Å². The summed E-state index contributed by atoms with van der Waals surface area (Å²) in [5.74, 6) is -0.107. The van der Waals surface area contributed by atoms with E-state index in [1.54, 1.807) is 18.3 Å². The van der Waals surface area contributed by atoms with Gasteiger partial charge in [-0.15, -0.1) is 0 Å². The lowest BCUT2D eigenvalue weighted by atomic mass is 10.0. The minimum atomic E-state index is -0.107. The Morgan fingerprint density at radius 3 is 2.55 bits per heavy atom. The number of likely N-dealkylation sites (tertiary alicyclic amines) is 1. The molecule has 0 bridgehead atoms. The summed E-state index contributed by atoms with van der Waals surface area (Å²) in [5, 5.41) is 14.8. The maximum Gasteiger partial charge on any atom is 0.152 e. The average molecular weight is 477 g/mol. The summed E-state index contributed by atoms with van der Waals surface area (Å²) in [6.07, 6.45) is 5.37.